The number of imidazole rings is 1. The molecule has 0 aliphatic heterocycles. The van der Waals surface area contributed by atoms with Crippen molar-refractivity contribution in [1.29, 1.82) is 0 Å². The molecule has 18 heavy (non-hydrogen) atoms. The Kier molecular flexibility index (Phi) is 2.33. The average Bonchev–Trinajstić information content (AvgIpc) is 2.91. The number of nitrogens with two attached hydrogens (primary N) is 1. The van der Waals surface area contributed by atoms with E-state index in [1.165, 1.54) is 0 Å². The Morgan fingerprint density at radius 1 is 1.28 bits per heavy atom. The summed E-state index contributed by atoms with van der Waals surface area (Å²) in [5.41, 5.74) is 9.80. The van der Waals surface area contributed by atoms with Gasteiger partial charge in [-0.25, -0.2) is 9.67 Å². The molecule has 0 saturated heterocycles. The highest BCUT2D eigenvalue weighted by Gasteiger charge is 2.15. The van der Waals surface area contributed by atoms with E-state index in [2.05, 4.69) is 17.0 Å². The molecule has 0 amide bonds. The Balaban J connectivity index is 2.29. The molecule has 0 unspecified atom stereocenters. The smallest absolute Gasteiger partial charge is 0.160 e. The predicted molar refractivity (Wildman–Crippen MR) is 71.6 cm³/mol. The Morgan fingerprint density at radius 3 is 2.78 bits per heavy atom. The van der Waals surface area contributed by atoms with Crippen LogP contribution in [0, 0.1) is 0 Å². The molecule has 92 valence electrons. The number of aryl methyl sites for hydroxylation is 2. The molecule has 2 heterocycles. The molecule has 5 nitrogen and oxygen atoms in total. The second-order valence-corrected chi connectivity index (χ2v) is 4.26. The van der Waals surface area contributed by atoms with Crippen LogP contribution in [0.4, 0.5) is 5.69 Å². The average molecular weight is 241 g/mol. The van der Waals surface area contributed by atoms with E-state index in [1.54, 1.807) is 6.33 Å². The molecule has 0 radical (unpaired) electrons. The van der Waals surface area contributed by atoms with Crippen molar-refractivity contribution in [2.24, 2.45) is 7.05 Å². The van der Waals surface area contributed by atoms with Crippen LogP contribution in [0.1, 0.15) is 12.6 Å². The van der Waals surface area contributed by atoms with Gasteiger partial charge in [0, 0.05) is 7.05 Å². The molecule has 0 spiro atoms. The summed E-state index contributed by atoms with van der Waals surface area (Å²) in [6.45, 7) is 2.05. The Hall–Kier alpha value is -2.30. The van der Waals surface area contributed by atoms with E-state index < -0.39 is 0 Å². The van der Waals surface area contributed by atoms with Crippen molar-refractivity contribution in [3.8, 4) is 5.82 Å². The number of hydrogen-bond acceptors (Lipinski definition) is 3. The fourth-order valence-electron chi connectivity index (χ4n) is 2.26. The van der Waals surface area contributed by atoms with E-state index in [0.29, 0.717) is 0 Å². The van der Waals surface area contributed by atoms with E-state index in [-0.39, 0.29) is 0 Å². The molecular weight excluding hydrogens is 226 g/mol. The van der Waals surface area contributed by atoms with Gasteiger partial charge in [0.15, 0.2) is 5.82 Å². The summed E-state index contributed by atoms with van der Waals surface area (Å²) in [5, 5.41) is 4.43. The van der Waals surface area contributed by atoms with E-state index in [4.69, 9.17) is 5.73 Å². The number of benzene rings is 1. The molecule has 0 saturated carbocycles. The van der Waals surface area contributed by atoms with Crippen LogP contribution in [-0.4, -0.2) is 19.3 Å². The highest BCUT2D eigenvalue weighted by Crippen LogP contribution is 2.24. The SMILES string of the molecule is CCc1nn(C)c(-n2cnc3ccccc32)c1N. The number of fused-ring (bicyclic) bond motifs is 1. The van der Waals surface area contributed by atoms with Gasteiger partial charge in [0.1, 0.15) is 6.33 Å². The lowest BCUT2D eigenvalue weighted by Crippen LogP contribution is -2.04. The fraction of sp³-hybridized carbons (Fsp3) is 0.231. The molecular formula is C13H15N5. The molecule has 3 aromatic rings. The maximum Gasteiger partial charge on any atom is 0.160 e. The zero-order valence-corrected chi connectivity index (χ0v) is 10.5. The van der Waals surface area contributed by atoms with Crippen molar-refractivity contribution in [1.82, 2.24) is 19.3 Å². The number of nitrogens with zero attached hydrogens (tertiary/aromatic N) is 4. The third kappa shape index (κ3) is 1.40. The number of anilines is 1. The lowest BCUT2D eigenvalue weighted by Gasteiger charge is -2.05. The quantitative estimate of drug-likeness (QED) is 0.745. The molecule has 0 aliphatic rings. The van der Waals surface area contributed by atoms with E-state index in [9.17, 15) is 0 Å². The maximum atomic E-state index is 6.16. The van der Waals surface area contributed by atoms with Crippen molar-refractivity contribution in [2.75, 3.05) is 5.73 Å². The van der Waals surface area contributed by atoms with E-state index in [1.807, 2.05) is 40.6 Å². The number of aromatic nitrogens is 4. The van der Waals surface area contributed by atoms with Gasteiger partial charge >= 0.3 is 0 Å². The minimum Gasteiger partial charge on any atom is -0.394 e. The molecule has 1 aromatic carbocycles. The zero-order chi connectivity index (χ0) is 12.7. The molecule has 0 aliphatic carbocycles. The van der Waals surface area contributed by atoms with E-state index in [0.717, 1.165) is 34.7 Å². The van der Waals surface area contributed by atoms with Crippen molar-refractivity contribution < 1.29 is 0 Å². The van der Waals surface area contributed by atoms with Crippen molar-refractivity contribution in [2.45, 2.75) is 13.3 Å². The molecule has 0 fully saturated rings. The van der Waals surface area contributed by atoms with Crippen LogP contribution in [0.15, 0.2) is 30.6 Å². The van der Waals surface area contributed by atoms with Gasteiger partial charge in [-0.3, -0.25) is 4.57 Å². The first kappa shape index (κ1) is 10.8. The Bertz CT molecular complexity index is 707. The van der Waals surface area contributed by atoms with Crippen LogP contribution in [0.3, 0.4) is 0 Å². The lowest BCUT2D eigenvalue weighted by atomic mass is 10.3. The number of rotatable bonds is 2. The first-order valence-corrected chi connectivity index (χ1v) is 5.96. The van der Waals surface area contributed by atoms with Gasteiger partial charge in [0.05, 0.1) is 22.4 Å². The first-order chi connectivity index (χ1) is 8.72. The third-order valence-electron chi connectivity index (χ3n) is 3.15. The van der Waals surface area contributed by atoms with Gasteiger partial charge in [-0.15, -0.1) is 0 Å². The second kappa shape index (κ2) is 3.87. The van der Waals surface area contributed by atoms with Crippen LogP contribution < -0.4 is 5.73 Å². The third-order valence-corrected chi connectivity index (χ3v) is 3.15. The summed E-state index contributed by atoms with van der Waals surface area (Å²) in [5.74, 6) is 0.876. The summed E-state index contributed by atoms with van der Waals surface area (Å²) in [6.07, 6.45) is 2.61. The van der Waals surface area contributed by atoms with Gasteiger partial charge in [-0.05, 0) is 18.6 Å². The Morgan fingerprint density at radius 2 is 2.06 bits per heavy atom. The van der Waals surface area contributed by atoms with Crippen LogP contribution >= 0.6 is 0 Å². The number of para-hydroxylation sites is 2. The minimum absolute atomic E-state index is 0.725. The highest BCUT2D eigenvalue weighted by atomic mass is 15.3. The molecule has 2 N–H and O–H groups in total. The van der Waals surface area contributed by atoms with Crippen molar-refractivity contribution >= 4 is 16.7 Å². The van der Waals surface area contributed by atoms with Crippen LogP contribution in [0.25, 0.3) is 16.9 Å². The molecule has 0 atom stereocenters. The number of hydrogen-bond donors (Lipinski definition) is 1. The van der Waals surface area contributed by atoms with Crippen molar-refractivity contribution in [3.63, 3.8) is 0 Å². The topological polar surface area (TPSA) is 61.7 Å². The fourth-order valence-corrected chi connectivity index (χ4v) is 2.26. The molecule has 0 bridgehead atoms. The van der Waals surface area contributed by atoms with Crippen LogP contribution in [0.5, 0.6) is 0 Å². The number of nitrogen functional groups attached to an aromatic ring is 1. The summed E-state index contributed by atoms with van der Waals surface area (Å²) < 4.78 is 3.79. The monoisotopic (exact) mass is 241 g/mol. The second-order valence-electron chi connectivity index (χ2n) is 4.26. The standard InChI is InChI=1S/C13H15N5/c1-3-9-12(14)13(17(2)16-9)18-8-15-10-6-4-5-7-11(10)18/h4-8H,3,14H2,1-2H3. The molecule has 3 rings (SSSR count). The van der Waals surface area contributed by atoms with Crippen LogP contribution in [0.2, 0.25) is 0 Å². The summed E-state index contributed by atoms with van der Waals surface area (Å²) >= 11 is 0. The molecule has 2 aromatic heterocycles. The summed E-state index contributed by atoms with van der Waals surface area (Å²) in [6, 6.07) is 7.98. The lowest BCUT2D eigenvalue weighted by molar-refractivity contribution is 0.719. The maximum absolute atomic E-state index is 6.16. The largest absolute Gasteiger partial charge is 0.394 e. The van der Waals surface area contributed by atoms with Gasteiger partial charge < -0.3 is 5.73 Å². The first-order valence-electron chi connectivity index (χ1n) is 5.96. The van der Waals surface area contributed by atoms with Gasteiger partial charge in [0.25, 0.3) is 0 Å². The van der Waals surface area contributed by atoms with Gasteiger partial charge in [0.2, 0.25) is 0 Å². The van der Waals surface area contributed by atoms with E-state index >= 15 is 0 Å². The Labute approximate surface area is 105 Å². The van der Waals surface area contributed by atoms with Gasteiger partial charge in [-0.1, -0.05) is 19.1 Å². The summed E-state index contributed by atoms with van der Waals surface area (Å²) in [7, 11) is 1.90. The zero-order valence-electron chi connectivity index (χ0n) is 10.5. The highest BCUT2D eigenvalue weighted by molar-refractivity contribution is 5.78. The van der Waals surface area contributed by atoms with Crippen molar-refractivity contribution in [3.05, 3.63) is 36.3 Å². The van der Waals surface area contributed by atoms with Crippen LogP contribution in [-0.2, 0) is 13.5 Å². The summed E-state index contributed by atoms with van der Waals surface area (Å²) in [4.78, 5) is 4.38. The predicted octanol–water partition coefficient (Wildman–Crippen LogP) is 1.90. The normalized spacial score (nSPS) is 11.2. The minimum atomic E-state index is 0.725. The van der Waals surface area contributed by atoms with Gasteiger partial charge in [-0.2, -0.15) is 5.10 Å². The molecule has 5 heteroatoms.